The first-order chi connectivity index (χ1) is 12.2. The number of benzene rings is 1. The smallest absolute Gasteiger partial charge is 0.480 e. The van der Waals surface area contributed by atoms with E-state index in [0.717, 1.165) is 18.4 Å². The molecule has 1 aromatic carbocycles. The van der Waals surface area contributed by atoms with Crippen molar-refractivity contribution in [1.29, 1.82) is 0 Å². The van der Waals surface area contributed by atoms with E-state index < -0.39 is 18.4 Å². The lowest BCUT2D eigenvalue weighted by Crippen LogP contribution is -2.46. The Morgan fingerprint density at radius 1 is 1.31 bits per heavy atom. The summed E-state index contributed by atoms with van der Waals surface area (Å²) in [7, 11) is 0. The van der Waals surface area contributed by atoms with Crippen molar-refractivity contribution in [1.82, 2.24) is 10.2 Å². The van der Waals surface area contributed by atoms with E-state index >= 15 is 0 Å². The molecule has 1 unspecified atom stereocenters. The van der Waals surface area contributed by atoms with Crippen LogP contribution < -0.4 is 10.1 Å². The molecule has 0 aromatic heterocycles. The quantitative estimate of drug-likeness (QED) is 0.693. The molecule has 1 atom stereocenters. The van der Waals surface area contributed by atoms with Gasteiger partial charge in [0.25, 0.3) is 0 Å². The first-order valence-corrected chi connectivity index (χ1v) is 8.25. The maximum atomic E-state index is 12.1. The van der Waals surface area contributed by atoms with Crippen molar-refractivity contribution in [2.75, 3.05) is 13.1 Å². The molecule has 1 fully saturated rings. The van der Waals surface area contributed by atoms with Crippen LogP contribution >= 0.6 is 0 Å². The summed E-state index contributed by atoms with van der Waals surface area (Å²) in [5.41, 5.74) is 0.748. The third kappa shape index (κ3) is 6.55. The maximum Gasteiger partial charge on any atom is 0.573 e. The highest BCUT2D eigenvalue weighted by Gasteiger charge is 2.36. The van der Waals surface area contributed by atoms with Gasteiger partial charge in [-0.1, -0.05) is 12.1 Å². The second kappa shape index (κ2) is 8.39. The van der Waals surface area contributed by atoms with Crippen LogP contribution in [0.5, 0.6) is 5.75 Å². The molecule has 0 saturated heterocycles. The molecular weight excluding hydrogens is 353 g/mol. The Bertz CT molecular complexity index is 630. The number of aliphatic carboxylic acids is 1. The zero-order chi connectivity index (χ0) is 19.3. The Labute approximate surface area is 148 Å². The van der Waals surface area contributed by atoms with Crippen molar-refractivity contribution in [3.8, 4) is 5.75 Å². The van der Waals surface area contributed by atoms with E-state index in [-0.39, 0.29) is 24.2 Å². The number of hydrogen-bond donors (Lipinski definition) is 2. The molecule has 1 amide bonds. The summed E-state index contributed by atoms with van der Waals surface area (Å²) >= 11 is 0. The van der Waals surface area contributed by atoms with Crippen LogP contribution in [-0.2, 0) is 16.0 Å². The van der Waals surface area contributed by atoms with Gasteiger partial charge in [-0.15, -0.1) is 13.2 Å². The normalized spacial score (nSPS) is 15.6. The molecule has 0 heterocycles. The summed E-state index contributed by atoms with van der Waals surface area (Å²) in [5, 5.41) is 11.8. The first-order valence-electron chi connectivity index (χ1n) is 8.25. The molecule has 1 aliphatic rings. The standard InChI is InChI=1S/C17H21F3N2O4/c1-11(16(24)25)22(13-4-5-13)10-15(23)21-9-8-12-2-6-14(7-3-12)26-17(18,19)20/h2-3,6-7,11,13H,4-5,8-10H2,1H3,(H,21,23)(H,24,25). The summed E-state index contributed by atoms with van der Waals surface area (Å²) in [6.45, 7) is 1.87. The van der Waals surface area contributed by atoms with E-state index in [1.165, 1.54) is 24.3 Å². The molecular formula is C17H21F3N2O4. The van der Waals surface area contributed by atoms with E-state index in [4.69, 9.17) is 5.11 Å². The number of nitrogens with one attached hydrogen (secondary N) is 1. The molecule has 0 bridgehead atoms. The van der Waals surface area contributed by atoms with Crippen LogP contribution in [0, 0.1) is 0 Å². The molecule has 2 N–H and O–H groups in total. The second-order valence-corrected chi connectivity index (χ2v) is 6.21. The zero-order valence-corrected chi connectivity index (χ0v) is 14.3. The zero-order valence-electron chi connectivity index (χ0n) is 14.3. The molecule has 9 heteroatoms. The van der Waals surface area contributed by atoms with Gasteiger partial charge >= 0.3 is 12.3 Å². The highest BCUT2D eigenvalue weighted by molar-refractivity contribution is 5.80. The molecule has 1 saturated carbocycles. The Hall–Kier alpha value is -2.29. The molecule has 6 nitrogen and oxygen atoms in total. The van der Waals surface area contributed by atoms with E-state index in [9.17, 15) is 22.8 Å². The largest absolute Gasteiger partial charge is 0.573 e. The molecule has 2 rings (SSSR count). The summed E-state index contributed by atoms with van der Waals surface area (Å²) in [6, 6.07) is 4.83. The van der Waals surface area contributed by atoms with Crippen LogP contribution in [0.25, 0.3) is 0 Å². The van der Waals surface area contributed by atoms with Crippen LogP contribution in [0.15, 0.2) is 24.3 Å². The van der Waals surface area contributed by atoms with Crippen molar-refractivity contribution >= 4 is 11.9 Å². The number of nitrogens with zero attached hydrogens (tertiary/aromatic N) is 1. The van der Waals surface area contributed by atoms with E-state index in [1.54, 1.807) is 11.8 Å². The highest BCUT2D eigenvalue weighted by atomic mass is 19.4. The Balaban J connectivity index is 1.76. The molecule has 26 heavy (non-hydrogen) atoms. The van der Waals surface area contributed by atoms with Gasteiger partial charge in [0.1, 0.15) is 11.8 Å². The Morgan fingerprint density at radius 2 is 1.92 bits per heavy atom. The average molecular weight is 374 g/mol. The van der Waals surface area contributed by atoms with Gasteiger partial charge in [0, 0.05) is 12.6 Å². The third-order valence-electron chi connectivity index (χ3n) is 4.09. The summed E-state index contributed by atoms with van der Waals surface area (Å²) in [5.74, 6) is -1.54. The number of rotatable bonds is 9. The van der Waals surface area contributed by atoms with Crippen LogP contribution in [0.3, 0.4) is 0 Å². The molecule has 0 aliphatic heterocycles. The number of ether oxygens (including phenoxy) is 1. The Kier molecular flexibility index (Phi) is 6.47. The van der Waals surface area contributed by atoms with Crippen molar-refractivity contribution in [3.05, 3.63) is 29.8 Å². The number of carboxylic acid groups (broad SMARTS) is 1. The fourth-order valence-corrected chi connectivity index (χ4v) is 2.56. The number of carbonyl (C=O) groups excluding carboxylic acids is 1. The number of carbonyl (C=O) groups is 2. The topological polar surface area (TPSA) is 78.9 Å². The number of amides is 1. The molecule has 1 aromatic rings. The van der Waals surface area contributed by atoms with Gasteiger partial charge in [0.2, 0.25) is 5.91 Å². The molecule has 1 aliphatic carbocycles. The van der Waals surface area contributed by atoms with Crippen molar-refractivity contribution < 1.29 is 32.6 Å². The fourth-order valence-electron chi connectivity index (χ4n) is 2.56. The average Bonchev–Trinajstić information content (AvgIpc) is 3.37. The maximum absolute atomic E-state index is 12.1. The predicted octanol–water partition coefficient (Wildman–Crippen LogP) is 2.18. The first kappa shape index (κ1) is 20.0. The van der Waals surface area contributed by atoms with Crippen LogP contribution in [0.1, 0.15) is 25.3 Å². The number of carboxylic acids is 1. The minimum absolute atomic E-state index is 0.0104. The lowest BCUT2D eigenvalue weighted by molar-refractivity contribution is -0.274. The van der Waals surface area contributed by atoms with Crippen LogP contribution in [0.2, 0.25) is 0 Å². The summed E-state index contributed by atoms with van der Waals surface area (Å²) in [6.07, 6.45) is -2.51. The minimum Gasteiger partial charge on any atom is -0.480 e. The van der Waals surface area contributed by atoms with Crippen molar-refractivity contribution in [2.24, 2.45) is 0 Å². The second-order valence-electron chi connectivity index (χ2n) is 6.21. The van der Waals surface area contributed by atoms with E-state index in [2.05, 4.69) is 10.1 Å². The van der Waals surface area contributed by atoms with Gasteiger partial charge in [-0.3, -0.25) is 14.5 Å². The van der Waals surface area contributed by atoms with Gasteiger partial charge in [0.15, 0.2) is 0 Å². The minimum atomic E-state index is -4.73. The van der Waals surface area contributed by atoms with Crippen LogP contribution in [-0.4, -0.2) is 53.4 Å². The lowest BCUT2D eigenvalue weighted by Gasteiger charge is -2.25. The van der Waals surface area contributed by atoms with Gasteiger partial charge in [-0.05, 0) is 43.9 Å². The number of hydrogen-bond acceptors (Lipinski definition) is 4. The van der Waals surface area contributed by atoms with Crippen molar-refractivity contribution in [2.45, 2.75) is 44.6 Å². The van der Waals surface area contributed by atoms with Gasteiger partial charge in [0.05, 0.1) is 6.54 Å². The fraction of sp³-hybridized carbons (Fsp3) is 0.529. The summed E-state index contributed by atoms with van der Waals surface area (Å²) in [4.78, 5) is 24.8. The molecule has 0 spiro atoms. The Morgan fingerprint density at radius 3 is 2.42 bits per heavy atom. The van der Waals surface area contributed by atoms with Gasteiger partial charge < -0.3 is 15.2 Å². The molecule has 144 valence electrons. The highest BCUT2D eigenvalue weighted by Crippen LogP contribution is 2.28. The third-order valence-corrected chi connectivity index (χ3v) is 4.09. The SMILES string of the molecule is CC(C(=O)O)N(CC(=O)NCCc1ccc(OC(F)(F)F)cc1)C1CC1. The monoisotopic (exact) mass is 374 g/mol. The van der Waals surface area contributed by atoms with Crippen LogP contribution in [0.4, 0.5) is 13.2 Å². The van der Waals surface area contributed by atoms with E-state index in [0.29, 0.717) is 13.0 Å². The number of halogens is 3. The predicted molar refractivity (Wildman–Crippen MR) is 86.7 cm³/mol. The number of alkyl halides is 3. The lowest BCUT2D eigenvalue weighted by atomic mass is 10.1. The molecule has 0 radical (unpaired) electrons. The van der Waals surface area contributed by atoms with Gasteiger partial charge in [-0.25, -0.2) is 0 Å². The van der Waals surface area contributed by atoms with Crippen molar-refractivity contribution in [3.63, 3.8) is 0 Å². The van der Waals surface area contributed by atoms with Gasteiger partial charge in [-0.2, -0.15) is 0 Å². The van der Waals surface area contributed by atoms with E-state index in [1.807, 2.05) is 0 Å². The summed E-state index contributed by atoms with van der Waals surface area (Å²) < 4.78 is 40.1.